The second-order valence-corrected chi connectivity index (χ2v) is 10.7. The molecule has 0 aliphatic rings. The van der Waals surface area contributed by atoms with Gasteiger partial charge in [-0.25, -0.2) is 9.98 Å². The zero-order valence-corrected chi connectivity index (χ0v) is 20.4. The zero-order chi connectivity index (χ0) is 23.8. The highest BCUT2D eigenvalue weighted by molar-refractivity contribution is 5.85. The molecule has 3 aromatic carbocycles. The molecule has 4 rings (SSSR count). The van der Waals surface area contributed by atoms with Gasteiger partial charge < -0.3 is 9.67 Å². The summed E-state index contributed by atoms with van der Waals surface area (Å²) in [6.07, 6.45) is 1.87. The van der Waals surface area contributed by atoms with Crippen LogP contribution >= 0.6 is 0 Å². The molecule has 0 bridgehead atoms. The molecule has 33 heavy (non-hydrogen) atoms. The summed E-state index contributed by atoms with van der Waals surface area (Å²) in [7, 11) is 0. The fourth-order valence-electron chi connectivity index (χ4n) is 4.09. The molecule has 0 saturated heterocycles. The predicted molar refractivity (Wildman–Crippen MR) is 138 cm³/mol. The monoisotopic (exact) mass is 439 g/mol. The number of imidazole rings is 1. The fraction of sp³-hybridized carbons (Fsp3) is 0.310. The van der Waals surface area contributed by atoms with Crippen LogP contribution in [0.5, 0.6) is 5.75 Å². The SMILES string of the molecule is CC(C)(C)c1cc(C=Nc2nc3ccccc3n2Cc2ccccc2)cc(C(C)(C)C)c1O. The van der Waals surface area contributed by atoms with Crippen LogP contribution < -0.4 is 0 Å². The van der Waals surface area contributed by atoms with Crippen molar-refractivity contribution in [3.8, 4) is 5.75 Å². The molecule has 4 heteroatoms. The van der Waals surface area contributed by atoms with Crippen molar-refractivity contribution in [3.05, 3.63) is 89.0 Å². The van der Waals surface area contributed by atoms with Crippen molar-refractivity contribution >= 4 is 23.2 Å². The Bertz CT molecular complexity index is 1270. The van der Waals surface area contributed by atoms with E-state index in [0.717, 1.165) is 27.7 Å². The minimum absolute atomic E-state index is 0.186. The van der Waals surface area contributed by atoms with E-state index in [1.165, 1.54) is 5.56 Å². The summed E-state index contributed by atoms with van der Waals surface area (Å²) in [5, 5.41) is 11.0. The molecular formula is C29H33N3O. The van der Waals surface area contributed by atoms with Gasteiger partial charge in [0.1, 0.15) is 5.75 Å². The maximum Gasteiger partial charge on any atom is 0.230 e. The molecule has 4 aromatic rings. The maximum atomic E-state index is 11.0. The third-order valence-electron chi connectivity index (χ3n) is 5.90. The predicted octanol–water partition coefficient (Wildman–Crippen LogP) is 7.14. The lowest BCUT2D eigenvalue weighted by Crippen LogP contribution is -2.17. The van der Waals surface area contributed by atoms with Crippen molar-refractivity contribution in [1.82, 2.24) is 9.55 Å². The van der Waals surface area contributed by atoms with E-state index < -0.39 is 0 Å². The molecule has 0 aliphatic heterocycles. The standard InChI is InChI=1S/C29H33N3O/c1-28(2,3)22-16-21(17-23(26(22)33)29(4,5)6)18-30-27-31-24-14-10-11-15-25(24)32(27)19-20-12-8-7-9-13-20/h7-18,33H,19H2,1-6H3. The first-order valence-corrected chi connectivity index (χ1v) is 11.5. The van der Waals surface area contributed by atoms with Gasteiger partial charge >= 0.3 is 0 Å². The highest BCUT2D eigenvalue weighted by Gasteiger charge is 2.26. The molecular weight excluding hydrogens is 406 g/mol. The molecule has 1 N–H and O–H groups in total. The lowest BCUT2D eigenvalue weighted by Gasteiger charge is -2.27. The van der Waals surface area contributed by atoms with Crippen LogP contribution in [0.3, 0.4) is 0 Å². The Morgan fingerprint density at radius 1 is 0.848 bits per heavy atom. The number of aromatic hydroxyl groups is 1. The van der Waals surface area contributed by atoms with Crippen LogP contribution in [0.1, 0.15) is 63.8 Å². The van der Waals surface area contributed by atoms with Crippen molar-refractivity contribution in [1.29, 1.82) is 0 Å². The van der Waals surface area contributed by atoms with Crippen molar-refractivity contribution in [2.45, 2.75) is 58.9 Å². The van der Waals surface area contributed by atoms with Gasteiger partial charge in [-0.05, 0) is 46.2 Å². The number of phenolic OH excluding ortho intramolecular Hbond substituents is 1. The number of fused-ring (bicyclic) bond motifs is 1. The quantitative estimate of drug-likeness (QED) is 0.344. The zero-order valence-electron chi connectivity index (χ0n) is 20.4. The van der Waals surface area contributed by atoms with E-state index in [4.69, 9.17) is 9.98 Å². The second-order valence-electron chi connectivity index (χ2n) is 10.7. The van der Waals surface area contributed by atoms with Crippen LogP contribution in [0.25, 0.3) is 11.0 Å². The van der Waals surface area contributed by atoms with Crippen LogP contribution in [0.2, 0.25) is 0 Å². The van der Waals surface area contributed by atoms with Gasteiger partial charge in [-0.1, -0.05) is 84.0 Å². The Morgan fingerprint density at radius 2 is 1.42 bits per heavy atom. The summed E-state index contributed by atoms with van der Waals surface area (Å²) in [6.45, 7) is 13.4. The third-order valence-corrected chi connectivity index (χ3v) is 5.90. The molecule has 0 saturated carbocycles. The van der Waals surface area contributed by atoms with Gasteiger partial charge in [0, 0.05) is 17.3 Å². The minimum atomic E-state index is -0.186. The van der Waals surface area contributed by atoms with Crippen LogP contribution in [0.15, 0.2) is 71.7 Å². The summed E-state index contributed by atoms with van der Waals surface area (Å²) in [5.74, 6) is 1.05. The number of benzene rings is 3. The maximum absolute atomic E-state index is 11.0. The summed E-state index contributed by atoms with van der Waals surface area (Å²) < 4.78 is 2.15. The molecule has 4 nitrogen and oxygen atoms in total. The Labute approximate surface area is 196 Å². The molecule has 1 aromatic heterocycles. The van der Waals surface area contributed by atoms with E-state index >= 15 is 0 Å². The highest BCUT2D eigenvalue weighted by atomic mass is 16.3. The van der Waals surface area contributed by atoms with E-state index in [-0.39, 0.29) is 10.8 Å². The van der Waals surface area contributed by atoms with Crippen molar-refractivity contribution < 1.29 is 5.11 Å². The number of aromatic nitrogens is 2. The number of hydrogen-bond donors (Lipinski definition) is 1. The van der Waals surface area contributed by atoms with Gasteiger partial charge in [0.15, 0.2) is 0 Å². The lowest BCUT2D eigenvalue weighted by molar-refractivity contribution is 0.423. The number of phenols is 1. The fourth-order valence-corrected chi connectivity index (χ4v) is 4.09. The van der Waals surface area contributed by atoms with Gasteiger partial charge in [0.25, 0.3) is 0 Å². The van der Waals surface area contributed by atoms with E-state index in [1.54, 1.807) is 0 Å². The normalized spacial score (nSPS) is 12.7. The van der Waals surface area contributed by atoms with Crippen LogP contribution in [-0.2, 0) is 17.4 Å². The molecule has 0 spiro atoms. The average Bonchev–Trinajstić information content (AvgIpc) is 3.09. The summed E-state index contributed by atoms with van der Waals surface area (Å²) in [4.78, 5) is 9.63. The first-order valence-electron chi connectivity index (χ1n) is 11.5. The number of aliphatic imine (C=N–C) groups is 1. The molecule has 0 amide bonds. The topological polar surface area (TPSA) is 50.4 Å². The Kier molecular flexibility index (Phi) is 5.87. The molecule has 1 heterocycles. The van der Waals surface area contributed by atoms with Crippen LogP contribution in [-0.4, -0.2) is 20.9 Å². The van der Waals surface area contributed by atoms with Gasteiger partial charge in [0.05, 0.1) is 17.6 Å². The third kappa shape index (κ3) is 4.85. The van der Waals surface area contributed by atoms with E-state index in [2.05, 4.69) is 76.4 Å². The number of para-hydroxylation sites is 2. The Hall–Kier alpha value is -3.40. The van der Waals surface area contributed by atoms with Crippen LogP contribution in [0.4, 0.5) is 5.95 Å². The molecule has 0 radical (unpaired) electrons. The van der Waals surface area contributed by atoms with E-state index in [9.17, 15) is 5.11 Å². The molecule has 0 unspecified atom stereocenters. The van der Waals surface area contributed by atoms with Gasteiger partial charge in [-0.3, -0.25) is 0 Å². The van der Waals surface area contributed by atoms with E-state index in [0.29, 0.717) is 18.2 Å². The van der Waals surface area contributed by atoms with Gasteiger partial charge in [-0.2, -0.15) is 0 Å². The highest BCUT2D eigenvalue weighted by Crippen LogP contribution is 2.39. The van der Waals surface area contributed by atoms with Gasteiger partial charge in [-0.15, -0.1) is 0 Å². The smallest absolute Gasteiger partial charge is 0.230 e. The number of hydrogen-bond acceptors (Lipinski definition) is 3. The summed E-state index contributed by atoms with van der Waals surface area (Å²) in [6, 6.07) is 22.6. The van der Waals surface area contributed by atoms with Crippen molar-refractivity contribution in [3.63, 3.8) is 0 Å². The summed E-state index contributed by atoms with van der Waals surface area (Å²) in [5.41, 5.74) is 5.63. The molecule has 0 fully saturated rings. The molecule has 170 valence electrons. The lowest BCUT2D eigenvalue weighted by atomic mass is 9.78. The van der Waals surface area contributed by atoms with Crippen molar-refractivity contribution in [2.24, 2.45) is 4.99 Å². The van der Waals surface area contributed by atoms with Crippen molar-refractivity contribution in [2.75, 3.05) is 0 Å². The number of nitrogens with zero attached hydrogens (tertiary/aromatic N) is 3. The van der Waals surface area contributed by atoms with E-state index in [1.807, 2.05) is 42.6 Å². The Morgan fingerprint density at radius 3 is 2.03 bits per heavy atom. The summed E-state index contributed by atoms with van der Waals surface area (Å²) >= 11 is 0. The Balaban J connectivity index is 1.81. The number of rotatable bonds is 4. The van der Waals surface area contributed by atoms with Gasteiger partial charge in [0.2, 0.25) is 5.95 Å². The molecule has 0 aliphatic carbocycles. The second kappa shape index (κ2) is 8.51. The van der Waals surface area contributed by atoms with Crippen LogP contribution in [0, 0.1) is 0 Å². The first-order chi connectivity index (χ1) is 15.5. The average molecular weight is 440 g/mol. The minimum Gasteiger partial charge on any atom is -0.507 e. The molecule has 0 atom stereocenters. The largest absolute Gasteiger partial charge is 0.507 e. The first kappa shape index (κ1) is 22.8.